The number of fused-ring (bicyclic) bond motifs is 1. The first-order valence-corrected chi connectivity index (χ1v) is 6.28. The molecule has 0 amide bonds. The number of carbonyl (C=O) groups excluding carboxylic acids is 1. The van der Waals surface area contributed by atoms with Gasteiger partial charge in [0.2, 0.25) is 0 Å². The third-order valence-corrected chi connectivity index (χ3v) is 3.41. The fourth-order valence-electron chi connectivity index (χ4n) is 1.45. The minimum atomic E-state index is -0.468. The minimum Gasteiger partial charge on any atom is -0.465 e. The lowest BCUT2D eigenvalue weighted by Crippen LogP contribution is -2.26. The zero-order valence-electron chi connectivity index (χ0n) is 9.06. The minimum absolute atomic E-state index is 0.157. The topological polar surface area (TPSA) is 64.1 Å². The Bertz CT molecular complexity index is 668. The lowest BCUT2D eigenvalue weighted by atomic mass is 10.4. The van der Waals surface area contributed by atoms with Crippen molar-refractivity contribution in [3.63, 3.8) is 0 Å². The van der Waals surface area contributed by atoms with Crippen LogP contribution >= 0.6 is 23.6 Å². The SMILES string of the molecule is CCOC(=O)Cn1c(=S)[nH]c2ccsc2c1=O. The van der Waals surface area contributed by atoms with Crippen LogP contribution in [0.2, 0.25) is 0 Å². The summed E-state index contributed by atoms with van der Waals surface area (Å²) in [5.41, 5.74) is 0.442. The van der Waals surface area contributed by atoms with Crippen LogP contribution < -0.4 is 5.56 Å². The summed E-state index contributed by atoms with van der Waals surface area (Å²) < 4.78 is 6.80. The van der Waals surface area contributed by atoms with Crippen molar-refractivity contribution in [2.75, 3.05) is 6.61 Å². The summed E-state index contributed by atoms with van der Waals surface area (Å²) in [4.78, 5) is 26.3. The number of aromatic amines is 1. The van der Waals surface area contributed by atoms with Gasteiger partial charge in [0, 0.05) is 0 Å². The van der Waals surface area contributed by atoms with Crippen molar-refractivity contribution in [3.8, 4) is 0 Å². The van der Waals surface area contributed by atoms with E-state index in [2.05, 4.69) is 4.98 Å². The first kappa shape index (κ1) is 12.0. The van der Waals surface area contributed by atoms with Crippen molar-refractivity contribution in [2.45, 2.75) is 13.5 Å². The van der Waals surface area contributed by atoms with E-state index in [0.29, 0.717) is 10.2 Å². The molecule has 0 aliphatic carbocycles. The number of esters is 1. The average molecular weight is 270 g/mol. The molecule has 90 valence electrons. The highest BCUT2D eigenvalue weighted by Crippen LogP contribution is 2.13. The number of thiophene rings is 1. The van der Waals surface area contributed by atoms with Crippen molar-refractivity contribution in [1.82, 2.24) is 9.55 Å². The zero-order chi connectivity index (χ0) is 12.4. The Kier molecular flexibility index (Phi) is 3.39. The number of carbonyl (C=O) groups is 1. The molecule has 0 unspecified atom stereocenters. The van der Waals surface area contributed by atoms with Gasteiger partial charge in [0.25, 0.3) is 5.56 Å². The predicted octanol–water partition coefficient (Wildman–Crippen LogP) is 1.68. The van der Waals surface area contributed by atoms with Crippen molar-refractivity contribution in [2.24, 2.45) is 0 Å². The smallest absolute Gasteiger partial charge is 0.326 e. The van der Waals surface area contributed by atoms with Crippen molar-refractivity contribution in [3.05, 3.63) is 26.6 Å². The number of H-pyrrole nitrogens is 1. The summed E-state index contributed by atoms with van der Waals surface area (Å²) in [6, 6.07) is 1.78. The standard InChI is InChI=1S/C10H10N2O3S2/c1-2-15-7(13)5-12-9(14)8-6(3-4-17-8)11-10(12)16/h3-4H,2,5H2,1H3,(H,11,16). The molecule has 5 nitrogen and oxygen atoms in total. The molecule has 0 fully saturated rings. The van der Waals surface area contributed by atoms with E-state index < -0.39 is 5.97 Å². The Balaban J connectivity index is 2.50. The normalized spacial score (nSPS) is 10.6. The number of hydrogen-bond acceptors (Lipinski definition) is 5. The van der Waals surface area contributed by atoms with Gasteiger partial charge in [-0.2, -0.15) is 0 Å². The summed E-state index contributed by atoms with van der Waals surface area (Å²) in [5.74, 6) is -0.468. The second-order valence-corrected chi connectivity index (χ2v) is 4.59. The summed E-state index contributed by atoms with van der Waals surface area (Å²) in [6.07, 6.45) is 0. The van der Waals surface area contributed by atoms with E-state index >= 15 is 0 Å². The summed E-state index contributed by atoms with van der Waals surface area (Å²) in [7, 11) is 0. The lowest BCUT2D eigenvalue weighted by molar-refractivity contribution is -0.143. The molecule has 0 spiro atoms. The van der Waals surface area contributed by atoms with Crippen LogP contribution in [0.25, 0.3) is 10.2 Å². The predicted molar refractivity (Wildman–Crippen MR) is 67.9 cm³/mol. The van der Waals surface area contributed by atoms with Gasteiger partial charge in [-0.25, -0.2) is 0 Å². The Hall–Kier alpha value is -1.47. The van der Waals surface area contributed by atoms with E-state index in [-0.39, 0.29) is 23.5 Å². The van der Waals surface area contributed by atoms with E-state index in [1.54, 1.807) is 18.4 Å². The maximum atomic E-state index is 12.0. The van der Waals surface area contributed by atoms with Crippen LogP contribution in [0.3, 0.4) is 0 Å². The number of nitrogens with one attached hydrogen (secondary N) is 1. The van der Waals surface area contributed by atoms with Gasteiger partial charge in [-0.1, -0.05) is 0 Å². The third-order valence-electron chi connectivity index (χ3n) is 2.18. The second kappa shape index (κ2) is 4.80. The van der Waals surface area contributed by atoms with Gasteiger partial charge in [0.15, 0.2) is 4.77 Å². The molecule has 2 rings (SSSR count). The molecule has 0 saturated carbocycles. The van der Waals surface area contributed by atoms with Gasteiger partial charge in [-0.15, -0.1) is 11.3 Å². The molecule has 2 aromatic heterocycles. The highest BCUT2D eigenvalue weighted by molar-refractivity contribution is 7.71. The van der Waals surface area contributed by atoms with E-state index in [1.165, 1.54) is 15.9 Å². The molecule has 0 atom stereocenters. The van der Waals surface area contributed by atoms with Crippen LogP contribution in [0.15, 0.2) is 16.2 Å². The van der Waals surface area contributed by atoms with Crippen LogP contribution in [0.1, 0.15) is 6.92 Å². The van der Waals surface area contributed by atoms with E-state index in [0.717, 1.165) is 0 Å². The van der Waals surface area contributed by atoms with Gasteiger partial charge >= 0.3 is 5.97 Å². The third kappa shape index (κ3) is 2.29. The van der Waals surface area contributed by atoms with E-state index in [4.69, 9.17) is 17.0 Å². The van der Waals surface area contributed by atoms with Crippen LogP contribution in [-0.2, 0) is 16.1 Å². The molecule has 0 aromatic carbocycles. The first-order valence-electron chi connectivity index (χ1n) is 4.99. The summed E-state index contributed by atoms with van der Waals surface area (Å²) >= 11 is 6.35. The summed E-state index contributed by atoms with van der Waals surface area (Å²) in [6.45, 7) is 1.84. The maximum absolute atomic E-state index is 12.0. The van der Waals surface area contributed by atoms with E-state index in [9.17, 15) is 9.59 Å². The molecule has 0 aliphatic heterocycles. The Morgan fingerprint density at radius 3 is 3.12 bits per heavy atom. The van der Waals surface area contributed by atoms with Gasteiger partial charge in [-0.3, -0.25) is 14.2 Å². The first-order chi connectivity index (χ1) is 8.13. The Morgan fingerprint density at radius 2 is 2.41 bits per heavy atom. The highest BCUT2D eigenvalue weighted by Gasteiger charge is 2.10. The van der Waals surface area contributed by atoms with Gasteiger partial charge in [0.05, 0.1) is 12.1 Å². The van der Waals surface area contributed by atoms with Gasteiger partial charge in [0.1, 0.15) is 11.2 Å². The van der Waals surface area contributed by atoms with Gasteiger partial charge < -0.3 is 9.72 Å². The van der Waals surface area contributed by atoms with Gasteiger partial charge in [-0.05, 0) is 30.6 Å². The Labute approximate surface area is 106 Å². The molecule has 2 aromatic rings. The monoisotopic (exact) mass is 270 g/mol. The fourth-order valence-corrected chi connectivity index (χ4v) is 2.50. The Morgan fingerprint density at radius 1 is 1.65 bits per heavy atom. The van der Waals surface area contributed by atoms with Crippen LogP contribution in [0.5, 0.6) is 0 Å². The molecule has 1 N–H and O–H groups in total. The molecule has 0 radical (unpaired) electrons. The lowest BCUT2D eigenvalue weighted by Gasteiger charge is -2.05. The van der Waals surface area contributed by atoms with Crippen LogP contribution in [0, 0.1) is 4.77 Å². The van der Waals surface area contributed by atoms with E-state index in [1.807, 2.05) is 0 Å². The molecule has 0 bridgehead atoms. The van der Waals surface area contributed by atoms with Crippen molar-refractivity contribution >= 4 is 39.7 Å². The largest absolute Gasteiger partial charge is 0.465 e. The highest BCUT2D eigenvalue weighted by atomic mass is 32.1. The second-order valence-electron chi connectivity index (χ2n) is 3.29. The van der Waals surface area contributed by atoms with Crippen LogP contribution in [-0.4, -0.2) is 22.1 Å². The number of aromatic nitrogens is 2. The van der Waals surface area contributed by atoms with Crippen molar-refractivity contribution in [1.29, 1.82) is 0 Å². The summed E-state index contributed by atoms with van der Waals surface area (Å²) in [5, 5.41) is 1.80. The zero-order valence-corrected chi connectivity index (χ0v) is 10.7. The number of nitrogens with zero attached hydrogens (tertiary/aromatic N) is 1. The number of ether oxygens (including phenoxy) is 1. The molecular formula is C10H10N2O3S2. The molecule has 7 heteroatoms. The van der Waals surface area contributed by atoms with Crippen LogP contribution in [0.4, 0.5) is 0 Å². The maximum Gasteiger partial charge on any atom is 0.326 e. The molecule has 17 heavy (non-hydrogen) atoms. The number of rotatable bonds is 3. The molecule has 0 aliphatic rings. The molecular weight excluding hydrogens is 260 g/mol. The number of hydrogen-bond donors (Lipinski definition) is 1. The quantitative estimate of drug-likeness (QED) is 0.681. The van der Waals surface area contributed by atoms with Crippen molar-refractivity contribution < 1.29 is 9.53 Å². The average Bonchev–Trinajstić information content (AvgIpc) is 2.72. The fraction of sp³-hybridized carbons (Fsp3) is 0.300. The molecule has 0 saturated heterocycles. The molecule has 2 heterocycles.